The van der Waals surface area contributed by atoms with Crippen molar-refractivity contribution < 1.29 is 32.7 Å². The number of aromatic nitrogens is 4. The van der Waals surface area contributed by atoms with E-state index >= 15 is 0 Å². The third-order valence-corrected chi connectivity index (χ3v) is 1.77. The Morgan fingerprint density at radius 2 is 1.85 bits per heavy atom. The number of nitrogens with zero attached hydrogens (tertiary/aromatic N) is 4. The molecule has 0 saturated carbocycles. The number of imidazole rings is 1. The summed E-state index contributed by atoms with van der Waals surface area (Å²) in [5.74, 6) is 0.614. The standard InChI is InChI=1S/C6H3Cl2N4.Y/c1-2-9-3-4(7)11-6(8)12-5(3)10-2;/h1H3;/q-1;+3. The van der Waals surface area contributed by atoms with Crippen molar-refractivity contribution in [1.82, 2.24) is 19.9 Å². The van der Waals surface area contributed by atoms with Crippen LogP contribution >= 0.6 is 23.2 Å². The SMILES string of the molecule is Cc1nc2nc(Cl)nc(Cl)c2[n-]1.[Y+3]. The molecule has 0 saturated heterocycles. The van der Waals surface area contributed by atoms with Gasteiger partial charge in [-0.15, -0.1) is 0 Å². The molecule has 0 N–H and O–H groups in total. The van der Waals surface area contributed by atoms with E-state index in [1.807, 2.05) is 0 Å². The van der Waals surface area contributed by atoms with Crippen LogP contribution in [0.5, 0.6) is 0 Å². The first-order valence-electron chi connectivity index (χ1n) is 3.17. The Kier molecular flexibility index (Phi) is 3.63. The van der Waals surface area contributed by atoms with Gasteiger partial charge in [0, 0.05) is 5.52 Å². The van der Waals surface area contributed by atoms with Crippen LogP contribution in [0.4, 0.5) is 0 Å². The molecule has 0 aliphatic rings. The van der Waals surface area contributed by atoms with Crippen molar-refractivity contribution in [2.45, 2.75) is 6.92 Å². The maximum atomic E-state index is 5.74. The average molecular weight is 291 g/mol. The average Bonchev–Trinajstić information content (AvgIpc) is 2.29. The molecular formula is C6H3Cl2N4Y+2. The summed E-state index contributed by atoms with van der Waals surface area (Å²) < 4.78 is 0. The molecule has 0 spiro atoms. The second kappa shape index (κ2) is 4.17. The van der Waals surface area contributed by atoms with E-state index in [0.29, 0.717) is 17.0 Å². The fourth-order valence-corrected chi connectivity index (χ4v) is 1.32. The van der Waals surface area contributed by atoms with E-state index in [1.54, 1.807) is 6.92 Å². The number of rotatable bonds is 0. The molecule has 7 heteroatoms. The molecule has 0 aliphatic carbocycles. The van der Waals surface area contributed by atoms with Crippen LogP contribution in [0.25, 0.3) is 11.2 Å². The van der Waals surface area contributed by atoms with E-state index in [0.717, 1.165) is 0 Å². The second-order valence-electron chi connectivity index (χ2n) is 2.23. The molecule has 2 heterocycles. The monoisotopic (exact) mass is 290 g/mol. The van der Waals surface area contributed by atoms with Crippen LogP contribution in [0.3, 0.4) is 0 Å². The van der Waals surface area contributed by atoms with Crippen molar-refractivity contribution in [1.29, 1.82) is 0 Å². The Balaban J connectivity index is 0.000000845. The summed E-state index contributed by atoms with van der Waals surface area (Å²) in [6.45, 7) is 1.76. The van der Waals surface area contributed by atoms with Gasteiger partial charge in [0.2, 0.25) is 5.28 Å². The van der Waals surface area contributed by atoms with Crippen LogP contribution in [-0.4, -0.2) is 15.0 Å². The summed E-state index contributed by atoms with van der Waals surface area (Å²) in [4.78, 5) is 15.6. The Morgan fingerprint density at radius 1 is 1.15 bits per heavy atom. The van der Waals surface area contributed by atoms with Crippen LogP contribution in [0, 0.1) is 6.92 Å². The number of fused-ring (bicyclic) bond motifs is 1. The summed E-state index contributed by atoms with van der Waals surface area (Å²) in [7, 11) is 0. The number of halogens is 2. The predicted octanol–water partition coefficient (Wildman–Crippen LogP) is 1.59. The number of hydrogen-bond donors (Lipinski definition) is 0. The molecule has 0 fully saturated rings. The Labute approximate surface area is 109 Å². The first kappa shape index (κ1) is 11.3. The van der Waals surface area contributed by atoms with Crippen molar-refractivity contribution in [2.24, 2.45) is 0 Å². The fraction of sp³-hybridized carbons (Fsp3) is 0.167. The molecule has 4 nitrogen and oxygen atoms in total. The topological polar surface area (TPSA) is 52.8 Å². The zero-order valence-corrected chi connectivity index (χ0v) is 11.0. The summed E-state index contributed by atoms with van der Waals surface area (Å²) in [5, 5.41) is 0.331. The van der Waals surface area contributed by atoms with Gasteiger partial charge in [-0.25, -0.2) is 9.97 Å². The van der Waals surface area contributed by atoms with Gasteiger partial charge in [0.05, 0.1) is 5.65 Å². The van der Waals surface area contributed by atoms with Gasteiger partial charge in [-0.1, -0.05) is 17.4 Å². The predicted molar refractivity (Wildman–Crippen MR) is 45.4 cm³/mol. The van der Waals surface area contributed by atoms with Crippen molar-refractivity contribution in [3.63, 3.8) is 0 Å². The van der Waals surface area contributed by atoms with Crippen LogP contribution in [0.15, 0.2) is 0 Å². The van der Waals surface area contributed by atoms with Gasteiger partial charge in [0.25, 0.3) is 0 Å². The maximum Gasteiger partial charge on any atom is 3.00 e. The van der Waals surface area contributed by atoms with E-state index < -0.39 is 0 Å². The van der Waals surface area contributed by atoms with Crippen molar-refractivity contribution >= 4 is 34.4 Å². The molecule has 62 valence electrons. The first-order valence-corrected chi connectivity index (χ1v) is 3.92. The van der Waals surface area contributed by atoms with Gasteiger partial charge < -0.3 is 9.97 Å². The first-order chi connectivity index (χ1) is 5.66. The molecule has 0 radical (unpaired) electrons. The van der Waals surface area contributed by atoms with Gasteiger partial charge in [-0.2, -0.15) is 0 Å². The Bertz CT molecular complexity index is 441. The Hall–Kier alpha value is 0.234. The minimum Gasteiger partial charge on any atom is -0.436 e. The quantitative estimate of drug-likeness (QED) is 0.546. The third kappa shape index (κ3) is 2.18. The van der Waals surface area contributed by atoms with Crippen LogP contribution in [-0.2, 0) is 32.7 Å². The van der Waals surface area contributed by atoms with Gasteiger partial charge in [-0.05, 0) is 18.5 Å². The maximum absolute atomic E-state index is 5.74. The van der Waals surface area contributed by atoms with E-state index in [9.17, 15) is 0 Å². The van der Waals surface area contributed by atoms with Crippen LogP contribution in [0.1, 0.15) is 5.82 Å². The molecule has 0 unspecified atom stereocenters. The molecular weight excluding hydrogens is 288 g/mol. The number of hydrogen-bond acceptors (Lipinski definition) is 3. The smallest absolute Gasteiger partial charge is 0.436 e. The van der Waals surface area contributed by atoms with Gasteiger partial charge >= 0.3 is 32.7 Å². The fourth-order valence-electron chi connectivity index (χ4n) is 0.906. The van der Waals surface area contributed by atoms with E-state index in [4.69, 9.17) is 23.2 Å². The normalized spacial score (nSPS) is 10.1. The van der Waals surface area contributed by atoms with Gasteiger partial charge in [0.15, 0.2) is 0 Å². The molecule has 13 heavy (non-hydrogen) atoms. The number of aryl methyl sites for hydroxylation is 1. The Morgan fingerprint density at radius 3 is 2.54 bits per heavy atom. The van der Waals surface area contributed by atoms with Gasteiger partial charge in [0.1, 0.15) is 5.15 Å². The summed E-state index contributed by atoms with van der Waals surface area (Å²) in [5.41, 5.74) is 0.941. The molecule has 0 amide bonds. The molecule has 2 rings (SSSR count). The van der Waals surface area contributed by atoms with Crippen LogP contribution in [0.2, 0.25) is 10.4 Å². The molecule has 0 atom stereocenters. The molecule has 0 aromatic carbocycles. The van der Waals surface area contributed by atoms with E-state index in [2.05, 4.69) is 19.9 Å². The molecule has 2 aromatic heterocycles. The minimum atomic E-state index is 0. The molecule has 0 bridgehead atoms. The summed E-state index contributed by atoms with van der Waals surface area (Å²) in [6, 6.07) is 0. The largest absolute Gasteiger partial charge is 3.00 e. The van der Waals surface area contributed by atoms with Crippen molar-refractivity contribution in [3.05, 3.63) is 16.3 Å². The zero-order valence-electron chi connectivity index (χ0n) is 6.62. The van der Waals surface area contributed by atoms with Crippen molar-refractivity contribution in [2.75, 3.05) is 0 Å². The van der Waals surface area contributed by atoms with E-state index in [1.165, 1.54) is 0 Å². The van der Waals surface area contributed by atoms with Gasteiger partial charge in [-0.3, -0.25) is 0 Å². The molecule has 0 aliphatic heterocycles. The second-order valence-corrected chi connectivity index (χ2v) is 2.92. The minimum absolute atomic E-state index is 0. The van der Waals surface area contributed by atoms with Crippen molar-refractivity contribution in [3.8, 4) is 0 Å². The molecule has 2 aromatic rings. The zero-order chi connectivity index (χ0) is 8.72. The van der Waals surface area contributed by atoms with Crippen LogP contribution < -0.4 is 4.98 Å². The van der Waals surface area contributed by atoms with E-state index in [-0.39, 0.29) is 43.1 Å². The third-order valence-electron chi connectivity index (χ3n) is 1.34. The summed E-state index contributed by atoms with van der Waals surface area (Å²) in [6.07, 6.45) is 0. The summed E-state index contributed by atoms with van der Waals surface area (Å²) >= 11 is 11.3.